The number of benzene rings is 1. The van der Waals surface area contributed by atoms with Crippen LogP contribution >= 0.6 is 22.6 Å². The van der Waals surface area contributed by atoms with Crippen LogP contribution in [-0.2, 0) is 9.59 Å². The largest absolute Gasteiger partial charge is 0.443 e. The van der Waals surface area contributed by atoms with Gasteiger partial charge >= 0.3 is 0 Å². The molecular formula is C24H31IN4O5. The number of carbonyl (C=O) groups is 3. The number of nitrogens with zero attached hydrogens (tertiary/aromatic N) is 2. The molecule has 10 heteroatoms. The summed E-state index contributed by atoms with van der Waals surface area (Å²) < 4.78 is 5.07. The number of aliphatic hydroxyl groups excluding tert-OH is 1. The average Bonchev–Trinajstić information content (AvgIpc) is 3.36. The maximum absolute atomic E-state index is 13.3. The fourth-order valence-corrected chi connectivity index (χ4v) is 4.44. The lowest BCUT2D eigenvalue weighted by Gasteiger charge is -2.35. The summed E-state index contributed by atoms with van der Waals surface area (Å²) in [4.78, 5) is 43.6. The first-order valence-electron chi connectivity index (χ1n) is 11.1. The molecule has 0 bridgehead atoms. The summed E-state index contributed by atoms with van der Waals surface area (Å²) in [6.07, 6.45) is 0.735. The first-order valence-corrected chi connectivity index (χ1v) is 12.2. The molecule has 0 saturated carbocycles. The van der Waals surface area contributed by atoms with Gasteiger partial charge in [0.2, 0.25) is 11.8 Å². The van der Waals surface area contributed by atoms with Crippen molar-refractivity contribution in [2.24, 2.45) is 5.41 Å². The van der Waals surface area contributed by atoms with Gasteiger partial charge in [-0.25, -0.2) is 4.98 Å². The van der Waals surface area contributed by atoms with Crippen LogP contribution in [0.15, 0.2) is 35.1 Å². The van der Waals surface area contributed by atoms with E-state index in [9.17, 15) is 19.5 Å². The summed E-state index contributed by atoms with van der Waals surface area (Å²) in [5, 5.41) is 15.9. The zero-order valence-corrected chi connectivity index (χ0v) is 22.1. The number of amides is 3. The second-order valence-electron chi connectivity index (χ2n) is 9.73. The lowest BCUT2D eigenvalue weighted by Crippen LogP contribution is -2.57. The molecular weight excluding hydrogens is 551 g/mol. The Hall–Kier alpha value is -2.47. The highest BCUT2D eigenvalue weighted by Gasteiger charge is 2.44. The highest BCUT2D eigenvalue weighted by molar-refractivity contribution is 14.1. The summed E-state index contributed by atoms with van der Waals surface area (Å²) in [7, 11) is 0. The number of hydrogen-bond donors (Lipinski definition) is 3. The standard InChI is InChI=1S/C24H31IN4O5/c1-13(15-6-8-16(9-7-15)19-14(2)26-12-34-19)27-21(31)18-10-17(30)11-29(18)22(32)20(24(3,4)5)28-23(25)33/h6-9,12-13,17-18,20,30H,10-11H2,1-5H3,(H,27,31)(H,28,33). The Balaban J connectivity index is 1.72. The van der Waals surface area contributed by atoms with Crippen molar-refractivity contribution in [2.75, 3.05) is 6.54 Å². The Kier molecular flexibility index (Phi) is 8.02. The predicted octanol–water partition coefficient (Wildman–Crippen LogP) is 3.35. The van der Waals surface area contributed by atoms with Crippen molar-refractivity contribution >= 4 is 38.3 Å². The van der Waals surface area contributed by atoms with Gasteiger partial charge in [0.1, 0.15) is 12.1 Å². The molecule has 0 radical (unpaired) electrons. The van der Waals surface area contributed by atoms with Crippen molar-refractivity contribution in [3.8, 4) is 11.3 Å². The van der Waals surface area contributed by atoms with Gasteiger partial charge in [-0.15, -0.1) is 0 Å². The number of hydrogen-bond acceptors (Lipinski definition) is 6. The van der Waals surface area contributed by atoms with E-state index in [-0.39, 0.29) is 34.7 Å². The van der Waals surface area contributed by atoms with Crippen molar-refractivity contribution in [1.29, 1.82) is 0 Å². The van der Waals surface area contributed by atoms with Gasteiger partial charge in [-0.2, -0.15) is 0 Å². The Labute approximate surface area is 212 Å². The van der Waals surface area contributed by atoms with Gasteiger partial charge in [0.25, 0.3) is 3.91 Å². The second-order valence-corrected chi connectivity index (χ2v) is 10.7. The lowest BCUT2D eigenvalue weighted by molar-refractivity contribution is -0.142. The fourth-order valence-electron chi connectivity index (χ4n) is 4.13. The van der Waals surface area contributed by atoms with E-state index in [2.05, 4.69) is 15.6 Å². The first-order chi connectivity index (χ1) is 15.9. The minimum absolute atomic E-state index is 0.0419. The molecule has 3 amide bonds. The molecule has 2 heterocycles. The Morgan fingerprint density at radius 1 is 1.21 bits per heavy atom. The zero-order valence-electron chi connectivity index (χ0n) is 20.0. The van der Waals surface area contributed by atoms with Crippen molar-refractivity contribution in [3.05, 3.63) is 41.9 Å². The third kappa shape index (κ3) is 5.96. The maximum Gasteiger partial charge on any atom is 0.281 e. The Morgan fingerprint density at radius 3 is 2.38 bits per heavy atom. The van der Waals surface area contributed by atoms with E-state index in [0.717, 1.165) is 16.8 Å². The number of aliphatic hydroxyl groups is 1. The molecule has 3 N–H and O–H groups in total. The van der Waals surface area contributed by atoms with Crippen LogP contribution in [0, 0.1) is 12.3 Å². The van der Waals surface area contributed by atoms with E-state index in [1.807, 2.05) is 58.9 Å². The summed E-state index contributed by atoms with van der Waals surface area (Å²) in [6.45, 7) is 9.30. The number of likely N-dealkylation sites (tertiary alicyclic amines) is 1. The van der Waals surface area contributed by atoms with Gasteiger partial charge in [0.15, 0.2) is 12.2 Å². The van der Waals surface area contributed by atoms with Crippen LogP contribution in [0.3, 0.4) is 0 Å². The number of aromatic nitrogens is 1. The first kappa shape index (κ1) is 26.1. The van der Waals surface area contributed by atoms with E-state index in [0.29, 0.717) is 5.76 Å². The number of nitrogens with one attached hydrogen (secondary N) is 2. The van der Waals surface area contributed by atoms with Crippen LogP contribution < -0.4 is 10.6 Å². The van der Waals surface area contributed by atoms with Crippen LogP contribution in [0.2, 0.25) is 0 Å². The number of oxazole rings is 1. The molecule has 0 spiro atoms. The zero-order chi connectivity index (χ0) is 25.2. The summed E-state index contributed by atoms with van der Waals surface area (Å²) in [5.41, 5.74) is 2.00. The highest BCUT2D eigenvalue weighted by atomic mass is 127. The number of carbonyl (C=O) groups excluding carboxylic acids is 3. The van der Waals surface area contributed by atoms with E-state index in [1.54, 1.807) is 22.6 Å². The quantitative estimate of drug-likeness (QED) is 0.273. The maximum atomic E-state index is 13.3. The minimum atomic E-state index is -0.822. The molecule has 9 nitrogen and oxygen atoms in total. The molecule has 1 aromatic heterocycles. The number of halogens is 1. The van der Waals surface area contributed by atoms with Crippen LogP contribution in [0.5, 0.6) is 0 Å². The lowest BCUT2D eigenvalue weighted by atomic mass is 9.85. The summed E-state index contributed by atoms with van der Waals surface area (Å²) in [5.74, 6) is -0.0287. The Bertz CT molecular complexity index is 1050. The van der Waals surface area contributed by atoms with Gasteiger partial charge in [-0.1, -0.05) is 45.0 Å². The molecule has 1 aromatic carbocycles. The molecule has 3 rings (SSSR count). The van der Waals surface area contributed by atoms with Crippen LogP contribution in [0.4, 0.5) is 4.79 Å². The van der Waals surface area contributed by atoms with Gasteiger partial charge in [-0.05, 0) is 24.8 Å². The number of rotatable bonds is 6. The normalized spacial score (nSPS) is 20.0. The average molecular weight is 582 g/mol. The molecule has 1 aliphatic heterocycles. The van der Waals surface area contributed by atoms with E-state index >= 15 is 0 Å². The fraction of sp³-hybridized carbons (Fsp3) is 0.500. The van der Waals surface area contributed by atoms with Crippen LogP contribution in [-0.4, -0.2) is 55.5 Å². The molecule has 1 aliphatic rings. The van der Waals surface area contributed by atoms with E-state index in [1.165, 1.54) is 11.3 Å². The third-order valence-corrected chi connectivity index (χ3v) is 6.32. The van der Waals surface area contributed by atoms with E-state index < -0.39 is 23.6 Å². The summed E-state index contributed by atoms with van der Waals surface area (Å²) in [6, 6.07) is 5.65. The molecule has 0 aliphatic carbocycles. The van der Waals surface area contributed by atoms with Gasteiger partial charge in [0, 0.05) is 41.1 Å². The molecule has 34 heavy (non-hydrogen) atoms. The second kappa shape index (κ2) is 10.4. The van der Waals surface area contributed by atoms with E-state index in [4.69, 9.17) is 4.42 Å². The van der Waals surface area contributed by atoms with Crippen molar-refractivity contribution in [1.82, 2.24) is 20.5 Å². The summed E-state index contributed by atoms with van der Waals surface area (Å²) >= 11 is 1.59. The van der Waals surface area contributed by atoms with Gasteiger partial charge in [-0.3, -0.25) is 14.4 Å². The molecule has 184 valence electrons. The monoisotopic (exact) mass is 582 g/mol. The molecule has 1 fully saturated rings. The Morgan fingerprint density at radius 2 is 1.85 bits per heavy atom. The highest BCUT2D eigenvalue weighted by Crippen LogP contribution is 2.28. The molecule has 1 saturated heterocycles. The third-order valence-electron chi connectivity index (χ3n) is 6.01. The van der Waals surface area contributed by atoms with Crippen molar-refractivity contribution in [2.45, 2.75) is 65.3 Å². The number of aryl methyl sites for hydroxylation is 1. The molecule has 4 atom stereocenters. The van der Waals surface area contributed by atoms with Crippen molar-refractivity contribution in [3.63, 3.8) is 0 Å². The SMILES string of the molecule is Cc1ncoc1-c1ccc(C(C)NC(=O)C2CC(O)CN2C(=O)C(NC(=O)I)C(C)(C)C)cc1. The predicted molar refractivity (Wildman–Crippen MR) is 135 cm³/mol. The van der Waals surface area contributed by atoms with Crippen molar-refractivity contribution < 1.29 is 23.9 Å². The topological polar surface area (TPSA) is 125 Å². The minimum Gasteiger partial charge on any atom is -0.443 e. The van der Waals surface area contributed by atoms with Crippen LogP contribution in [0.1, 0.15) is 51.4 Å². The smallest absolute Gasteiger partial charge is 0.281 e. The van der Waals surface area contributed by atoms with Crippen LogP contribution in [0.25, 0.3) is 11.3 Å². The van der Waals surface area contributed by atoms with Gasteiger partial charge < -0.3 is 25.1 Å². The molecule has 4 unspecified atom stereocenters. The molecule has 2 aromatic rings. The van der Waals surface area contributed by atoms with Gasteiger partial charge in [0.05, 0.1) is 17.8 Å². The number of β-amino-alcohol motifs (C(OH)–C–C–N with tert-alkyl or cyclic N) is 1.